The molecule has 0 atom stereocenters. The van der Waals surface area contributed by atoms with Gasteiger partial charge in [0.15, 0.2) is 0 Å². The molecule has 1 amide bonds. The third-order valence-corrected chi connectivity index (χ3v) is 5.28. The minimum absolute atomic E-state index is 0.307. The summed E-state index contributed by atoms with van der Waals surface area (Å²) in [5.74, 6) is -55.8. The quantitative estimate of drug-likeness (QED) is 0.191. The van der Waals surface area contributed by atoms with Crippen molar-refractivity contribution in [3.8, 4) is 5.75 Å². The van der Waals surface area contributed by atoms with E-state index in [1.165, 1.54) is 12.1 Å². The van der Waals surface area contributed by atoms with E-state index < -0.39 is 71.1 Å². The Bertz CT molecular complexity index is 1360. The molecule has 0 aromatic heterocycles. The van der Waals surface area contributed by atoms with Crippen LogP contribution in [0.4, 0.5) is 85.1 Å². The Hall–Kier alpha value is -3.94. The molecule has 0 heterocycles. The van der Waals surface area contributed by atoms with E-state index >= 15 is 0 Å². The van der Waals surface area contributed by atoms with Crippen molar-refractivity contribution in [1.29, 1.82) is 0 Å². The molecular weight excluding hydrogens is 661 g/mol. The Morgan fingerprint density at radius 1 is 0.636 bits per heavy atom. The van der Waals surface area contributed by atoms with Crippen molar-refractivity contribution in [3.63, 3.8) is 0 Å². The maximum atomic E-state index is 14.0. The highest BCUT2D eigenvalue weighted by Gasteiger charge is 2.93. The van der Waals surface area contributed by atoms with Gasteiger partial charge < -0.3 is 9.47 Å². The Labute approximate surface area is 233 Å². The lowest BCUT2D eigenvalue weighted by Gasteiger charge is -2.41. The van der Waals surface area contributed by atoms with E-state index in [1.807, 2.05) is 5.32 Å². The minimum Gasteiger partial charge on any atom is -0.444 e. The number of hydrogen-bond donors (Lipinski definition) is 1. The second-order valence-electron chi connectivity index (χ2n) is 8.35. The molecule has 0 spiro atoms. The Morgan fingerprint density at radius 2 is 1.14 bits per heavy atom. The van der Waals surface area contributed by atoms with Gasteiger partial charge in [-0.2, -0.15) is 74.6 Å². The van der Waals surface area contributed by atoms with Crippen molar-refractivity contribution >= 4 is 11.8 Å². The predicted octanol–water partition coefficient (Wildman–Crippen LogP) is 9.30. The number of amides is 1. The molecule has 2 aromatic rings. The van der Waals surface area contributed by atoms with Crippen molar-refractivity contribution in [2.24, 2.45) is 0 Å². The second kappa shape index (κ2) is 11.9. The van der Waals surface area contributed by atoms with Gasteiger partial charge in [0.1, 0.15) is 12.4 Å². The maximum Gasteiger partial charge on any atom is 0.460 e. The molecule has 0 unspecified atom stereocenters. The van der Waals surface area contributed by atoms with E-state index in [0.717, 1.165) is 12.1 Å². The largest absolute Gasteiger partial charge is 0.460 e. The van der Waals surface area contributed by atoms with Gasteiger partial charge in [-0.1, -0.05) is 36.4 Å². The van der Waals surface area contributed by atoms with Crippen LogP contribution < -0.4 is 10.1 Å². The smallest absolute Gasteiger partial charge is 0.444 e. The van der Waals surface area contributed by atoms with E-state index in [0.29, 0.717) is 17.7 Å². The summed E-state index contributed by atoms with van der Waals surface area (Å²) < 4.78 is 235. The Balaban J connectivity index is 2.34. The van der Waals surface area contributed by atoms with Crippen LogP contribution in [-0.4, -0.2) is 47.8 Å². The number of carbonyl (C=O) groups excluding carboxylic acids is 1. The van der Waals surface area contributed by atoms with Crippen LogP contribution in [0.1, 0.15) is 5.56 Å². The van der Waals surface area contributed by atoms with Gasteiger partial charge in [-0.25, -0.2) is 4.79 Å². The molecule has 2 rings (SSSR count). The number of carbonyl (C=O) groups is 1. The average Bonchev–Trinajstić information content (AvgIpc) is 2.91. The summed E-state index contributed by atoms with van der Waals surface area (Å²) in [6, 6.07) is 6.93. The summed E-state index contributed by atoms with van der Waals surface area (Å²) in [4.78, 5) is 11.8. The van der Waals surface area contributed by atoms with Gasteiger partial charge in [0, 0.05) is 11.8 Å². The van der Waals surface area contributed by atoms with Crippen LogP contribution in [0, 0.1) is 0 Å². The number of halogens is 17. The molecule has 0 radical (unpaired) electrons. The third-order valence-electron chi connectivity index (χ3n) is 5.28. The first-order chi connectivity index (χ1) is 19.8. The van der Waals surface area contributed by atoms with Crippen LogP contribution >= 0.6 is 0 Å². The van der Waals surface area contributed by atoms with Gasteiger partial charge in [0.05, 0.1) is 0 Å². The molecule has 0 aliphatic carbocycles. The van der Waals surface area contributed by atoms with E-state index in [4.69, 9.17) is 4.74 Å². The first-order valence-electron chi connectivity index (χ1n) is 10.9. The molecule has 44 heavy (non-hydrogen) atoms. The highest BCUT2D eigenvalue weighted by Crippen LogP contribution is 2.63. The van der Waals surface area contributed by atoms with Crippen molar-refractivity contribution in [2.75, 3.05) is 5.32 Å². The monoisotopic (exact) mass is 673 g/mol. The maximum absolute atomic E-state index is 14.0. The van der Waals surface area contributed by atoms with Gasteiger partial charge in [-0.15, -0.1) is 0 Å². The zero-order chi connectivity index (χ0) is 34.2. The van der Waals surface area contributed by atoms with Crippen LogP contribution in [0.3, 0.4) is 0 Å². The van der Waals surface area contributed by atoms with Crippen LogP contribution in [-0.2, 0) is 11.3 Å². The molecule has 0 bridgehead atoms. The van der Waals surface area contributed by atoms with Gasteiger partial charge >= 0.3 is 53.8 Å². The van der Waals surface area contributed by atoms with Gasteiger partial charge in [0.25, 0.3) is 0 Å². The van der Waals surface area contributed by atoms with Gasteiger partial charge in [0.2, 0.25) is 5.83 Å². The number of allylic oxidation sites excluding steroid dienone is 1. The third kappa shape index (κ3) is 6.30. The molecule has 0 fully saturated rings. The van der Waals surface area contributed by atoms with Gasteiger partial charge in [-0.05, 0) is 17.7 Å². The highest BCUT2D eigenvalue weighted by atomic mass is 19.4. The van der Waals surface area contributed by atoms with E-state index in [-0.39, 0.29) is 6.61 Å². The summed E-state index contributed by atoms with van der Waals surface area (Å²) in [6.07, 6.45) is -9.04. The highest BCUT2D eigenvalue weighted by molar-refractivity contribution is 5.84. The number of anilines is 1. The topological polar surface area (TPSA) is 47.6 Å². The van der Waals surface area contributed by atoms with Gasteiger partial charge in [-0.3, -0.25) is 5.32 Å². The van der Waals surface area contributed by atoms with Crippen molar-refractivity contribution in [2.45, 2.75) is 48.3 Å². The fourth-order valence-corrected chi connectivity index (χ4v) is 2.89. The number of benzene rings is 2. The zero-order valence-electron chi connectivity index (χ0n) is 20.6. The molecule has 0 saturated heterocycles. The van der Waals surface area contributed by atoms with E-state index in [9.17, 15) is 79.4 Å². The number of ether oxygens (including phenoxy) is 2. The number of rotatable bonds is 11. The van der Waals surface area contributed by atoms with Crippen molar-refractivity contribution in [3.05, 3.63) is 72.0 Å². The molecule has 4 nitrogen and oxygen atoms in total. The Morgan fingerprint density at radius 3 is 1.66 bits per heavy atom. The summed E-state index contributed by atoms with van der Waals surface area (Å²) >= 11 is 0. The molecule has 0 saturated carbocycles. The lowest BCUT2D eigenvalue weighted by molar-refractivity contribution is -0.451. The minimum atomic E-state index is -8.68. The predicted molar refractivity (Wildman–Crippen MR) is 112 cm³/mol. The normalized spacial score (nSPS) is 14.6. The summed E-state index contributed by atoms with van der Waals surface area (Å²) in [7, 11) is 0. The van der Waals surface area contributed by atoms with Crippen LogP contribution in [0.5, 0.6) is 5.75 Å². The summed E-state index contributed by atoms with van der Waals surface area (Å²) in [5, 5.41) is 1.95. The molecule has 246 valence electrons. The second-order valence-corrected chi connectivity index (χ2v) is 8.35. The average molecular weight is 673 g/mol. The molecule has 21 heteroatoms. The summed E-state index contributed by atoms with van der Waals surface area (Å²) in [6.45, 7) is -0.307. The summed E-state index contributed by atoms with van der Waals surface area (Å²) in [5.41, 5.74) is 0.0196. The number of alkyl halides is 15. The van der Waals surface area contributed by atoms with Crippen LogP contribution in [0.2, 0.25) is 0 Å². The molecule has 0 aliphatic rings. The molecule has 1 N–H and O–H groups in total. The Kier molecular flexibility index (Phi) is 9.77. The molecular formula is C23H12F17NO3. The van der Waals surface area contributed by atoms with Crippen molar-refractivity contribution in [1.82, 2.24) is 0 Å². The SMILES string of the molecule is O=C(Nc1cccc(OC(F)=C(F)C(F)(F)C(F)(F)C(F)(F)C(F)(F)C(F)(F)C(F)(F)C(F)(F)F)c1)OCc1ccccc1. The molecule has 0 aliphatic heterocycles. The van der Waals surface area contributed by atoms with Crippen LogP contribution in [0.15, 0.2) is 66.4 Å². The van der Waals surface area contributed by atoms with E-state index in [2.05, 4.69) is 4.74 Å². The van der Waals surface area contributed by atoms with E-state index in [1.54, 1.807) is 18.2 Å². The lowest BCUT2D eigenvalue weighted by Crippen LogP contribution is -2.72. The standard InChI is InChI=1S/C23H12F17NO3/c24-14(15(25)44-13-8-4-7-12(9-13)41-16(42)43-10-11-5-2-1-3-6-11)17(26,27)18(28,29)19(30,31)20(32,33)21(34,35)22(36,37)23(38,39)40/h1-9H,10H2,(H,41,42). The van der Waals surface area contributed by atoms with Crippen LogP contribution in [0.25, 0.3) is 0 Å². The lowest BCUT2D eigenvalue weighted by atomic mass is 9.91. The fourth-order valence-electron chi connectivity index (χ4n) is 2.89. The first-order valence-corrected chi connectivity index (χ1v) is 10.9. The zero-order valence-corrected chi connectivity index (χ0v) is 20.6. The number of nitrogens with one attached hydrogen (secondary N) is 1. The first kappa shape index (κ1) is 36.3. The fraction of sp³-hybridized carbons (Fsp3) is 0.348. The molecule has 2 aromatic carbocycles. The van der Waals surface area contributed by atoms with Crippen molar-refractivity contribution < 1.29 is 88.9 Å². The number of hydrogen-bond acceptors (Lipinski definition) is 3.